The predicted molar refractivity (Wildman–Crippen MR) is 49.2 cm³/mol. The summed E-state index contributed by atoms with van der Waals surface area (Å²) in [5, 5.41) is 0.442. The van der Waals surface area contributed by atoms with Crippen molar-refractivity contribution in [3.8, 4) is 0 Å². The van der Waals surface area contributed by atoms with Crippen LogP contribution < -0.4 is 0 Å². The summed E-state index contributed by atoms with van der Waals surface area (Å²) in [5.74, 6) is -0.374. The number of nitrogens with zero attached hydrogens (tertiary/aromatic N) is 2. The van der Waals surface area contributed by atoms with Gasteiger partial charge in [-0.15, -0.1) is 0 Å². The molecule has 0 spiro atoms. The zero-order valence-corrected chi connectivity index (χ0v) is 7.64. The molecule has 0 N–H and O–H groups in total. The molecular weight excluding hydrogens is 191 g/mol. The normalized spacial score (nSPS) is 10.7. The highest BCUT2D eigenvalue weighted by Gasteiger charge is 2.07. The highest BCUT2D eigenvalue weighted by molar-refractivity contribution is 6.34. The third-order valence-electron chi connectivity index (χ3n) is 1.79. The molecule has 2 nitrogen and oxygen atoms in total. The number of aryl methyl sites for hydroxylation is 1. The van der Waals surface area contributed by atoms with E-state index in [1.807, 2.05) is 0 Å². The first-order valence-corrected chi connectivity index (χ1v) is 4.12. The van der Waals surface area contributed by atoms with Crippen molar-refractivity contribution in [3.05, 3.63) is 35.0 Å². The van der Waals surface area contributed by atoms with Crippen molar-refractivity contribution >= 4 is 22.5 Å². The van der Waals surface area contributed by atoms with Gasteiger partial charge in [0.25, 0.3) is 0 Å². The summed E-state index contributed by atoms with van der Waals surface area (Å²) < 4.78 is 13.3. The molecule has 0 amide bonds. The molecule has 0 saturated carbocycles. The molecule has 1 heterocycles. The van der Waals surface area contributed by atoms with Crippen LogP contribution in [0.3, 0.4) is 0 Å². The van der Waals surface area contributed by atoms with E-state index in [1.165, 1.54) is 12.4 Å². The van der Waals surface area contributed by atoms with Crippen molar-refractivity contribution < 1.29 is 4.39 Å². The Bertz CT molecular complexity index is 470. The Morgan fingerprint density at radius 1 is 1.31 bits per heavy atom. The summed E-state index contributed by atoms with van der Waals surface area (Å²) in [6.07, 6.45) is 1.32. The van der Waals surface area contributed by atoms with Crippen LogP contribution in [0.15, 0.2) is 18.5 Å². The second-order valence-electron chi connectivity index (χ2n) is 2.81. The van der Waals surface area contributed by atoms with E-state index in [4.69, 9.17) is 11.6 Å². The number of hydrogen-bond acceptors (Lipinski definition) is 2. The highest BCUT2D eigenvalue weighted by atomic mass is 35.5. The quantitative estimate of drug-likeness (QED) is 0.606. The van der Waals surface area contributed by atoms with Gasteiger partial charge < -0.3 is 0 Å². The average Bonchev–Trinajstić information content (AvgIpc) is 2.02. The van der Waals surface area contributed by atoms with Gasteiger partial charge in [0.15, 0.2) is 0 Å². The van der Waals surface area contributed by atoms with Crippen molar-refractivity contribution in [1.29, 1.82) is 0 Å². The van der Waals surface area contributed by atoms with Crippen LogP contribution in [0.1, 0.15) is 5.56 Å². The first kappa shape index (κ1) is 8.38. The smallest absolute Gasteiger partial charge is 0.143 e. The van der Waals surface area contributed by atoms with E-state index in [9.17, 15) is 4.39 Å². The minimum Gasteiger partial charge on any atom is -0.236 e. The van der Waals surface area contributed by atoms with Crippen LogP contribution in [-0.4, -0.2) is 9.97 Å². The van der Waals surface area contributed by atoms with Gasteiger partial charge in [-0.3, -0.25) is 0 Å². The number of aromatic nitrogens is 2. The lowest BCUT2D eigenvalue weighted by Gasteiger charge is -2.01. The van der Waals surface area contributed by atoms with Gasteiger partial charge in [0.05, 0.1) is 10.9 Å². The van der Waals surface area contributed by atoms with Gasteiger partial charge in [-0.1, -0.05) is 11.6 Å². The van der Waals surface area contributed by atoms with E-state index in [-0.39, 0.29) is 16.4 Å². The lowest BCUT2D eigenvalue weighted by molar-refractivity contribution is 0.638. The maximum Gasteiger partial charge on any atom is 0.143 e. The monoisotopic (exact) mass is 196 g/mol. The number of fused-ring (bicyclic) bond motifs is 1. The lowest BCUT2D eigenvalue weighted by atomic mass is 10.2. The SMILES string of the molecule is Cc1cc(F)c2c(Cl)ncnc2c1. The first-order chi connectivity index (χ1) is 6.18. The zero-order valence-electron chi connectivity index (χ0n) is 6.88. The molecule has 0 atom stereocenters. The van der Waals surface area contributed by atoms with Gasteiger partial charge in [0, 0.05) is 0 Å². The lowest BCUT2D eigenvalue weighted by Crippen LogP contribution is -1.88. The van der Waals surface area contributed by atoms with Crippen LogP contribution in [-0.2, 0) is 0 Å². The third-order valence-corrected chi connectivity index (χ3v) is 2.07. The standard InChI is InChI=1S/C9H6ClFN2/c1-5-2-6(11)8-7(3-5)12-4-13-9(8)10/h2-4H,1H3. The Labute approximate surface area is 79.4 Å². The van der Waals surface area contributed by atoms with Crippen molar-refractivity contribution in [2.75, 3.05) is 0 Å². The molecule has 2 rings (SSSR count). The molecule has 0 fully saturated rings. The number of rotatable bonds is 0. The van der Waals surface area contributed by atoms with Crippen molar-refractivity contribution in [3.63, 3.8) is 0 Å². The van der Waals surface area contributed by atoms with Gasteiger partial charge in [0.2, 0.25) is 0 Å². The fourth-order valence-electron chi connectivity index (χ4n) is 1.24. The maximum absolute atomic E-state index is 13.3. The molecule has 0 aliphatic carbocycles. The van der Waals surface area contributed by atoms with Gasteiger partial charge in [0.1, 0.15) is 17.3 Å². The number of halogens is 2. The Balaban J connectivity index is 2.94. The largest absolute Gasteiger partial charge is 0.236 e. The molecule has 2 aromatic rings. The Kier molecular flexibility index (Phi) is 1.88. The van der Waals surface area contributed by atoms with Crippen molar-refractivity contribution in [2.45, 2.75) is 6.92 Å². The molecule has 4 heteroatoms. The van der Waals surface area contributed by atoms with E-state index in [0.29, 0.717) is 5.52 Å². The average molecular weight is 197 g/mol. The molecule has 13 heavy (non-hydrogen) atoms. The van der Waals surface area contributed by atoms with Crippen molar-refractivity contribution in [1.82, 2.24) is 9.97 Å². The molecule has 0 aliphatic heterocycles. The predicted octanol–water partition coefficient (Wildman–Crippen LogP) is 2.73. The highest BCUT2D eigenvalue weighted by Crippen LogP contribution is 2.23. The number of hydrogen-bond donors (Lipinski definition) is 0. The zero-order chi connectivity index (χ0) is 9.42. The Morgan fingerprint density at radius 3 is 2.85 bits per heavy atom. The van der Waals surface area contributed by atoms with Crippen LogP contribution in [0.2, 0.25) is 5.15 Å². The van der Waals surface area contributed by atoms with E-state index in [1.54, 1.807) is 13.0 Å². The van der Waals surface area contributed by atoms with Crippen molar-refractivity contribution in [2.24, 2.45) is 0 Å². The fourth-order valence-corrected chi connectivity index (χ4v) is 1.47. The van der Waals surface area contributed by atoms with Crippen LogP contribution in [0.4, 0.5) is 4.39 Å². The molecule has 0 aliphatic rings. The molecule has 0 saturated heterocycles. The molecule has 0 unspecified atom stereocenters. The minimum atomic E-state index is -0.374. The van der Waals surface area contributed by atoms with E-state index < -0.39 is 0 Å². The summed E-state index contributed by atoms with van der Waals surface area (Å²) in [6.45, 7) is 1.80. The van der Waals surface area contributed by atoms with Gasteiger partial charge in [-0.25, -0.2) is 14.4 Å². The maximum atomic E-state index is 13.3. The van der Waals surface area contributed by atoms with Gasteiger partial charge in [-0.05, 0) is 24.6 Å². The van der Waals surface area contributed by atoms with Crippen LogP contribution >= 0.6 is 11.6 Å². The molecule has 1 aromatic carbocycles. The van der Waals surface area contributed by atoms with Gasteiger partial charge >= 0.3 is 0 Å². The Hall–Kier alpha value is -1.22. The fraction of sp³-hybridized carbons (Fsp3) is 0.111. The number of benzene rings is 1. The second kappa shape index (κ2) is 2.92. The minimum absolute atomic E-state index is 0.155. The third kappa shape index (κ3) is 1.35. The summed E-state index contributed by atoms with van der Waals surface area (Å²) in [4.78, 5) is 7.64. The molecule has 1 aromatic heterocycles. The van der Waals surface area contributed by atoms with E-state index >= 15 is 0 Å². The summed E-state index contributed by atoms with van der Waals surface area (Å²) in [5.41, 5.74) is 1.36. The molecule has 66 valence electrons. The molecule has 0 radical (unpaired) electrons. The van der Waals surface area contributed by atoms with E-state index in [0.717, 1.165) is 5.56 Å². The summed E-state index contributed by atoms with van der Waals surface area (Å²) in [6, 6.07) is 3.18. The second-order valence-corrected chi connectivity index (χ2v) is 3.16. The molecule has 0 bridgehead atoms. The van der Waals surface area contributed by atoms with Crippen LogP contribution in [0, 0.1) is 12.7 Å². The van der Waals surface area contributed by atoms with Gasteiger partial charge in [-0.2, -0.15) is 0 Å². The first-order valence-electron chi connectivity index (χ1n) is 3.75. The van der Waals surface area contributed by atoms with E-state index in [2.05, 4.69) is 9.97 Å². The van der Waals surface area contributed by atoms with Crippen LogP contribution in [0.5, 0.6) is 0 Å². The molecular formula is C9H6ClFN2. The topological polar surface area (TPSA) is 25.8 Å². The summed E-state index contributed by atoms with van der Waals surface area (Å²) in [7, 11) is 0. The van der Waals surface area contributed by atoms with Crippen LogP contribution in [0.25, 0.3) is 10.9 Å². The summed E-state index contributed by atoms with van der Waals surface area (Å²) >= 11 is 5.72. The Morgan fingerprint density at radius 2 is 2.08 bits per heavy atom.